The number of hydrogen-bond donors (Lipinski definition) is 1. The molecule has 3 aromatic rings. The molecule has 0 saturated carbocycles. The summed E-state index contributed by atoms with van der Waals surface area (Å²) in [5.41, 5.74) is 2.62. The Morgan fingerprint density at radius 3 is 1.62 bits per heavy atom. The Labute approximate surface area is 236 Å². The molecule has 2 fully saturated rings. The van der Waals surface area contributed by atoms with Gasteiger partial charge in [0.05, 0.1) is 17.5 Å². The fraction of sp³-hybridized carbons (Fsp3) is 0.364. The van der Waals surface area contributed by atoms with E-state index in [1.165, 1.54) is 4.90 Å². The number of amides is 2. The molecule has 0 aromatic heterocycles. The molecule has 2 aliphatic heterocycles. The fourth-order valence-corrected chi connectivity index (χ4v) is 6.43. The molecule has 5 rings (SSSR count). The summed E-state index contributed by atoms with van der Waals surface area (Å²) in [4.78, 5) is 44.1. The summed E-state index contributed by atoms with van der Waals surface area (Å²) in [7, 11) is 1.55. The molecule has 2 atom stereocenters. The number of carboxylic acids is 1. The smallest absolute Gasteiger partial charge is 0.326 e. The number of aliphatic carboxylic acids is 1. The Kier molecular flexibility index (Phi) is 7.76. The number of benzene rings is 3. The molecule has 208 valence electrons. The van der Waals surface area contributed by atoms with Gasteiger partial charge in [-0.2, -0.15) is 0 Å². The van der Waals surface area contributed by atoms with E-state index in [1.807, 2.05) is 54.6 Å². The van der Waals surface area contributed by atoms with Gasteiger partial charge in [-0.3, -0.25) is 14.5 Å². The van der Waals surface area contributed by atoms with E-state index >= 15 is 0 Å². The molecule has 1 N–H and O–H groups in total. The summed E-state index contributed by atoms with van der Waals surface area (Å²) in [6.45, 7) is 4.96. The van der Waals surface area contributed by atoms with E-state index in [4.69, 9.17) is 0 Å². The molecule has 2 saturated heterocycles. The number of likely N-dealkylation sites (tertiary alicyclic amines) is 2. The van der Waals surface area contributed by atoms with E-state index in [2.05, 4.69) is 41.3 Å². The van der Waals surface area contributed by atoms with Gasteiger partial charge in [0.15, 0.2) is 0 Å². The second kappa shape index (κ2) is 11.3. The van der Waals surface area contributed by atoms with Gasteiger partial charge < -0.3 is 14.9 Å². The second-order valence-corrected chi connectivity index (χ2v) is 11.2. The summed E-state index contributed by atoms with van der Waals surface area (Å²) in [6.07, 6.45) is 0.733. The molecule has 2 heterocycles. The number of rotatable bonds is 9. The number of carbonyl (C=O) groups is 3. The van der Waals surface area contributed by atoms with E-state index in [0.29, 0.717) is 13.1 Å². The van der Waals surface area contributed by atoms with Crippen molar-refractivity contribution in [3.63, 3.8) is 0 Å². The third-order valence-corrected chi connectivity index (χ3v) is 8.50. The largest absolute Gasteiger partial charge is 0.480 e. The van der Waals surface area contributed by atoms with Gasteiger partial charge >= 0.3 is 5.97 Å². The lowest BCUT2D eigenvalue weighted by atomic mass is 9.72. The van der Waals surface area contributed by atoms with Crippen LogP contribution in [0.25, 0.3) is 0 Å². The normalized spacial score (nSPS) is 18.5. The molecule has 0 unspecified atom stereocenters. The summed E-state index contributed by atoms with van der Waals surface area (Å²) in [5, 5.41) is 9.61. The Hall–Kier alpha value is -3.97. The molecule has 7 heteroatoms. The van der Waals surface area contributed by atoms with Crippen LogP contribution in [0.15, 0.2) is 91.0 Å². The third kappa shape index (κ3) is 4.68. The number of likely N-dealkylation sites (N-methyl/N-ethyl adjacent to an activating group) is 1. The van der Waals surface area contributed by atoms with E-state index in [1.54, 1.807) is 25.8 Å². The van der Waals surface area contributed by atoms with Crippen molar-refractivity contribution >= 4 is 17.8 Å². The minimum atomic E-state index is -1.01. The van der Waals surface area contributed by atoms with Gasteiger partial charge in [0.25, 0.3) is 0 Å². The fourth-order valence-electron chi connectivity index (χ4n) is 6.43. The van der Waals surface area contributed by atoms with Crippen molar-refractivity contribution in [1.29, 1.82) is 0 Å². The van der Waals surface area contributed by atoms with Crippen LogP contribution in [0.1, 0.15) is 37.0 Å². The van der Waals surface area contributed by atoms with Crippen LogP contribution in [-0.4, -0.2) is 76.4 Å². The average molecular weight is 540 g/mol. The van der Waals surface area contributed by atoms with Gasteiger partial charge in [-0.05, 0) is 29.0 Å². The first-order valence-electron chi connectivity index (χ1n) is 14.0. The zero-order chi connectivity index (χ0) is 28.4. The maximum Gasteiger partial charge on any atom is 0.326 e. The van der Waals surface area contributed by atoms with Crippen molar-refractivity contribution in [3.8, 4) is 0 Å². The summed E-state index contributed by atoms with van der Waals surface area (Å²) < 4.78 is 0. The van der Waals surface area contributed by atoms with Crippen LogP contribution in [0.2, 0.25) is 0 Å². The number of nitrogens with zero attached hydrogens (tertiary/aromatic N) is 3. The Morgan fingerprint density at radius 2 is 1.27 bits per heavy atom. The molecular weight excluding hydrogens is 502 g/mol. The molecule has 2 amide bonds. The van der Waals surface area contributed by atoms with Crippen molar-refractivity contribution < 1.29 is 19.5 Å². The van der Waals surface area contributed by atoms with E-state index in [-0.39, 0.29) is 29.7 Å². The zero-order valence-electron chi connectivity index (χ0n) is 23.3. The van der Waals surface area contributed by atoms with Gasteiger partial charge in [0.1, 0.15) is 6.04 Å². The highest BCUT2D eigenvalue weighted by molar-refractivity contribution is 5.89. The lowest BCUT2D eigenvalue weighted by molar-refractivity contribution is -0.161. The van der Waals surface area contributed by atoms with Gasteiger partial charge in [-0.15, -0.1) is 0 Å². The Morgan fingerprint density at radius 1 is 0.825 bits per heavy atom. The van der Waals surface area contributed by atoms with Crippen LogP contribution in [0.4, 0.5) is 0 Å². The van der Waals surface area contributed by atoms with Crippen molar-refractivity contribution in [2.45, 2.75) is 37.9 Å². The van der Waals surface area contributed by atoms with Crippen LogP contribution >= 0.6 is 0 Å². The predicted octanol–water partition coefficient (Wildman–Crippen LogP) is 4.08. The molecule has 0 radical (unpaired) electrons. The summed E-state index contributed by atoms with van der Waals surface area (Å²) in [6, 6.07) is 29.8. The summed E-state index contributed by atoms with van der Waals surface area (Å²) >= 11 is 0. The SMILES string of the molecule is CC(C)[C@@H](C(=O)O)N(C)C(=O)C1CN(C(=O)[C@H]2CCN2C(c2ccccc2)(c2ccccc2)c2ccccc2)C1. The average Bonchev–Trinajstić information content (AvgIpc) is 2.91. The molecule has 0 aliphatic carbocycles. The van der Waals surface area contributed by atoms with Gasteiger partial charge in [-0.1, -0.05) is 105 Å². The third-order valence-electron chi connectivity index (χ3n) is 8.50. The quantitative estimate of drug-likeness (QED) is 0.415. The highest BCUT2D eigenvalue weighted by atomic mass is 16.4. The van der Waals surface area contributed by atoms with Crippen molar-refractivity contribution in [2.24, 2.45) is 11.8 Å². The minimum Gasteiger partial charge on any atom is -0.480 e. The predicted molar refractivity (Wildman–Crippen MR) is 153 cm³/mol. The number of hydrogen-bond acceptors (Lipinski definition) is 4. The van der Waals surface area contributed by atoms with E-state index in [0.717, 1.165) is 29.7 Å². The number of carboxylic acid groups (broad SMARTS) is 1. The maximum atomic E-state index is 13.9. The highest BCUT2D eigenvalue weighted by Crippen LogP contribution is 2.47. The minimum absolute atomic E-state index is 0.0174. The highest BCUT2D eigenvalue weighted by Gasteiger charge is 2.53. The number of carbonyl (C=O) groups excluding carboxylic acids is 2. The van der Waals surface area contributed by atoms with Gasteiger partial charge in [0, 0.05) is 26.7 Å². The molecule has 0 spiro atoms. The first-order valence-corrected chi connectivity index (χ1v) is 14.0. The molecular formula is C33H37N3O4. The molecule has 3 aromatic carbocycles. The van der Waals surface area contributed by atoms with Crippen LogP contribution in [0.3, 0.4) is 0 Å². The van der Waals surface area contributed by atoms with E-state index < -0.39 is 17.6 Å². The molecule has 0 bridgehead atoms. The van der Waals surface area contributed by atoms with Crippen molar-refractivity contribution in [3.05, 3.63) is 108 Å². The maximum absolute atomic E-state index is 13.9. The monoisotopic (exact) mass is 539 g/mol. The van der Waals surface area contributed by atoms with Gasteiger partial charge in [-0.25, -0.2) is 4.79 Å². The second-order valence-electron chi connectivity index (χ2n) is 11.2. The van der Waals surface area contributed by atoms with Crippen LogP contribution in [-0.2, 0) is 19.9 Å². The lowest BCUT2D eigenvalue weighted by Crippen LogP contribution is -2.68. The van der Waals surface area contributed by atoms with Crippen LogP contribution in [0, 0.1) is 11.8 Å². The topological polar surface area (TPSA) is 81.2 Å². The lowest BCUT2D eigenvalue weighted by Gasteiger charge is -2.56. The molecule has 7 nitrogen and oxygen atoms in total. The molecule has 2 aliphatic rings. The Bertz CT molecular complexity index is 1240. The molecule has 40 heavy (non-hydrogen) atoms. The summed E-state index contributed by atoms with van der Waals surface area (Å²) in [5.74, 6) is -1.81. The first-order chi connectivity index (χ1) is 19.3. The zero-order valence-corrected chi connectivity index (χ0v) is 23.3. The first kappa shape index (κ1) is 27.6. The van der Waals surface area contributed by atoms with Crippen molar-refractivity contribution in [1.82, 2.24) is 14.7 Å². The van der Waals surface area contributed by atoms with E-state index in [9.17, 15) is 19.5 Å². The van der Waals surface area contributed by atoms with Crippen molar-refractivity contribution in [2.75, 3.05) is 26.7 Å². The Balaban J connectivity index is 1.42. The van der Waals surface area contributed by atoms with Crippen LogP contribution in [0.5, 0.6) is 0 Å². The standard InChI is InChI=1S/C33H37N3O4/c1-23(2)29(32(39)40)34(3)30(37)24-21-35(22-24)31(38)28-19-20-36(28)33(25-13-7-4-8-14-25,26-15-9-5-10-16-26)27-17-11-6-12-18-27/h4-18,23-24,28-29H,19-22H2,1-3H3,(H,39,40)/t28-,29+/m1/s1. The van der Waals surface area contributed by atoms with Gasteiger partial charge in [0.2, 0.25) is 11.8 Å². The van der Waals surface area contributed by atoms with Crippen LogP contribution < -0.4 is 0 Å².